The lowest BCUT2D eigenvalue weighted by molar-refractivity contribution is 0.318. The van der Waals surface area contributed by atoms with E-state index in [4.69, 9.17) is 4.98 Å². The Morgan fingerprint density at radius 2 is 2.04 bits per heavy atom. The van der Waals surface area contributed by atoms with Gasteiger partial charge < -0.3 is 5.32 Å². The van der Waals surface area contributed by atoms with Crippen LogP contribution in [-0.4, -0.2) is 57.4 Å². The molecule has 0 bridgehead atoms. The molecule has 10 nitrogen and oxygen atoms in total. The van der Waals surface area contributed by atoms with Gasteiger partial charge in [0.15, 0.2) is 5.65 Å². The van der Waals surface area contributed by atoms with E-state index in [1.54, 1.807) is 17.1 Å². The fourth-order valence-electron chi connectivity index (χ4n) is 3.35. The monoisotopic (exact) mass is 372 g/mol. The minimum atomic E-state index is 0.412. The molecular weight excluding hydrogens is 356 g/mol. The van der Waals surface area contributed by atoms with E-state index in [1.807, 2.05) is 39.9 Å². The average molecular weight is 372 g/mol. The zero-order chi connectivity index (χ0) is 18.5. The number of nitrogens with zero attached hydrogens (tertiary/aromatic N) is 9. The quantitative estimate of drug-likeness (QED) is 0.500. The van der Waals surface area contributed by atoms with Crippen molar-refractivity contribution in [2.24, 2.45) is 0 Å². The molecule has 1 aliphatic heterocycles. The van der Waals surface area contributed by atoms with Gasteiger partial charge in [-0.1, -0.05) is 11.3 Å². The molecule has 28 heavy (non-hydrogen) atoms. The summed E-state index contributed by atoms with van der Waals surface area (Å²) in [6.07, 6.45) is 9.32. The average Bonchev–Trinajstić information content (AvgIpc) is 3.40. The second-order valence-electron chi connectivity index (χ2n) is 6.91. The summed E-state index contributed by atoms with van der Waals surface area (Å²) in [7, 11) is 0. The van der Waals surface area contributed by atoms with Gasteiger partial charge in [-0.3, -0.25) is 4.68 Å². The lowest BCUT2D eigenvalue weighted by Gasteiger charge is -2.27. The summed E-state index contributed by atoms with van der Waals surface area (Å²) >= 11 is 0. The van der Waals surface area contributed by atoms with Crippen LogP contribution in [0.4, 0.5) is 0 Å². The largest absolute Gasteiger partial charge is 0.312 e. The summed E-state index contributed by atoms with van der Waals surface area (Å²) in [4.78, 5) is 9.18. The summed E-state index contributed by atoms with van der Waals surface area (Å²) in [5.41, 5.74) is 4.98. The number of aromatic nitrogens is 9. The van der Waals surface area contributed by atoms with E-state index in [1.165, 1.54) is 0 Å². The first-order chi connectivity index (χ1) is 13.8. The van der Waals surface area contributed by atoms with Crippen molar-refractivity contribution in [2.45, 2.75) is 12.6 Å². The predicted octanol–water partition coefficient (Wildman–Crippen LogP) is 0.925. The van der Waals surface area contributed by atoms with Crippen LogP contribution in [0.15, 0.2) is 49.2 Å². The van der Waals surface area contributed by atoms with Gasteiger partial charge in [0.2, 0.25) is 5.65 Å². The summed E-state index contributed by atoms with van der Waals surface area (Å²) in [6.45, 7) is 2.43. The Morgan fingerprint density at radius 3 is 2.93 bits per heavy atom. The third-order valence-corrected chi connectivity index (χ3v) is 5.05. The van der Waals surface area contributed by atoms with Crippen molar-refractivity contribution in [1.29, 1.82) is 0 Å². The van der Waals surface area contributed by atoms with E-state index >= 15 is 0 Å². The third kappa shape index (κ3) is 2.46. The fraction of sp³-hybridized carbons (Fsp3) is 0.222. The maximum atomic E-state index is 4.75. The van der Waals surface area contributed by atoms with E-state index < -0.39 is 0 Å². The maximum absolute atomic E-state index is 4.75. The highest BCUT2D eigenvalue weighted by molar-refractivity contribution is 5.69. The molecule has 5 aromatic rings. The van der Waals surface area contributed by atoms with Crippen LogP contribution in [0.2, 0.25) is 0 Å². The van der Waals surface area contributed by atoms with E-state index in [9.17, 15) is 0 Å². The molecule has 0 radical (unpaired) electrons. The third-order valence-electron chi connectivity index (χ3n) is 5.05. The van der Waals surface area contributed by atoms with Crippen LogP contribution in [0.1, 0.15) is 11.6 Å². The van der Waals surface area contributed by atoms with Gasteiger partial charge in [0, 0.05) is 37.2 Å². The lowest BCUT2D eigenvalue weighted by atomic mass is 10.2. The van der Waals surface area contributed by atoms with Crippen LogP contribution in [0.25, 0.3) is 28.1 Å². The minimum absolute atomic E-state index is 0.412. The van der Waals surface area contributed by atoms with Crippen molar-refractivity contribution in [3.8, 4) is 11.3 Å². The number of pyridine rings is 1. The molecule has 6 rings (SSSR count). The van der Waals surface area contributed by atoms with E-state index in [-0.39, 0.29) is 0 Å². The van der Waals surface area contributed by atoms with Crippen molar-refractivity contribution in [2.75, 3.05) is 13.1 Å². The molecule has 138 valence electrons. The smallest absolute Gasteiger partial charge is 0.221 e. The Labute approximate surface area is 158 Å². The van der Waals surface area contributed by atoms with Gasteiger partial charge in [0.05, 0.1) is 36.2 Å². The van der Waals surface area contributed by atoms with Crippen molar-refractivity contribution in [1.82, 2.24) is 49.7 Å². The van der Waals surface area contributed by atoms with Gasteiger partial charge >= 0.3 is 0 Å². The molecule has 0 spiro atoms. The Morgan fingerprint density at radius 1 is 1.07 bits per heavy atom. The van der Waals surface area contributed by atoms with Gasteiger partial charge in [0.1, 0.15) is 0 Å². The molecular formula is C18H16N10. The molecule has 0 amide bonds. The summed E-state index contributed by atoms with van der Waals surface area (Å²) < 4.78 is 5.58. The molecule has 1 saturated heterocycles. The molecule has 10 heteroatoms. The van der Waals surface area contributed by atoms with Crippen molar-refractivity contribution >= 4 is 16.8 Å². The van der Waals surface area contributed by atoms with Crippen LogP contribution in [0.3, 0.4) is 0 Å². The number of nitrogens with one attached hydrogen (secondary N) is 1. The van der Waals surface area contributed by atoms with E-state index in [2.05, 4.69) is 36.9 Å². The molecule has 0 saturated carbocycles. The second-order valence-corrected chi connectivity index (χ2v) is 6.91. The molecule has 6 heterocycles. The standard InChI is InChI=1S/C18H16N10/c1-2-14-3-4-21-26(14)9-12(1)10-28-18-17(24-25-28)20-8-16(23-18)13-5-22-27(11-13)15-6-19-7-15/h1-5,8-9,11,15,19H,6-7,10H2. The first-order valence-corrected chi connectivity index (χ1v) is 9.07. The molecule has 1 aliphatic rings. The Balaban J connectivity index is 1.35. The number of rotatable bonds is 4. The summed E-state index contributed by atoms with van der Waals surface area (Å²) in [6, 6.07) is 6.46. The number of hydrogen-bond donors (Lipinski definition) is 1. The highest BCUT2D eigenvalue weighted by atomic mass is 15.5. The number of hydrogen-bond acceptors (Lipinski definition) is 7. The number of fused-ring (bicyclic) bond motifs is 2. The predicted molar refractivity (Wildman–Crippen MR) is 101 cm³/mol. The zero-order valence-corrected chi connectivity index (χ0v) is 14.8. The minimum Gasteiger partial charge on any atom is -0.312 e. The van der Waals surface area contributed by atoms with Crippen LogP contribution in [0.5, 0.6) is 0 Å². The highest BCUT2D eigenvalue weighted by Gasteiger charge is 2.20. The Bertz CT molecular complexity index is 1290. The van der Waals surface area contributed by atoms with Gasteiger partial charge in [-0.25, -0.2) is 19.2 Å². The van der Waals surface area contributed by atoms with Crippen molar-refractivity contribution in [3.63, 3.8) is 0 Å². The molecule has 0 aromatic carbocycles. The van der Waals surface area contributed by atoms with Gasteiger partial charge in [-0.15, -0.1) is 5.10 Å². The second kappa shape index (κ2) is 5.92. The summed E-state index contributed by atoms with van der Waals surface area (Å²) in [5.74, 6) is 0. The molecule has 1 fully saturated rings. The first kappa shape index (κ1) is 15.4. The van der Waals surface area contributed by atoms with Gasteiger partial charge in [-0.05, 0) is 17.7 Å². The first-order valence-electron chi connectivity index (χ1n) is 9.07. The molecule has 0 aliphatic carbocycles. The Kier molecular flexibility index (Phi) is 3.26. The van der Waals surface area contributed by atoms with Crippen molar-refractivity contribution in [3.05, 3.63) is 54.7 Å². The molecule has 0 atom stereocenters. The maximum Gasteiger partial charge on any atom is 0.221 e. The van der Waals surface area contributed by atoms with Gasteiger partial charge in [0.25, 0.3) is 0 Å². The highest BCUT2D eigenvalue weighted by Crippen LogP contribution is 2.21. The van der Waals surface area contributed by atoms with E-state index in [0.29, 0.717) is 23.9 Å². The van der Waals surface area contributed by atoms with Gasteiger partial charge in [-0.2, -0.15) is 10.2 Å². The summed E-state index contributed by atoms with van der Waals surface area (Å²) in [5, 5.41) is 20.4. The SMILES string of the molecule is c1cc2ccc(Cn3nnc4ncc(-c5cnn(C6CNC6)c5)nc43)cn2n1. The van der Waals surface area contributed by atoms with Crippen LogP contribution in [-0.2, 0) is 6.54 Å². The van der Waals surface area contributed by atoms with Crippen LogP contribution < -0.4 is 5.32 Å². The zero-order valence-electron chi connectivity index (χ0n) is 14.8. The van der Waals surface area contributed by atoms with E-state index in [0.717, 1.165) is 35.4 Å². The topological polar surface area (TPSA) is 104 Å². The lowest BCUT2D eigenvalue weighted by Crippen LogP contribution is -2.43. The molecule has 1 N–H and O–H groups in total. The normalized spacial score (nSPS) is 14.7. The molecule has 0 unspecified atom stereocenters. The van der Waals surface area contributed by atoms with Crippen LogP contribution in [0, 0.1) is 0 Å². The molecule has 5 aromatic heterocycles. The fourth-order valence-corrected chi connectivity index (χ4v) is 3.35. The Hall–Kier alpha value is -3.66. The van der Waals surface area contributed by atoms with Crippen LogP contribution >= 0.6 is 0 Å². The van der Waals surface area contributed by atoms with Crippen molar-refractivity contribution < 1.29 is 0 Å².